The first-order valence-electron chi connectivity index (χ1n) is 13.9. The molecule has 0 radical (unpaired) electrons. The summed E-state index contributed by atoms with van der Waals surface area (Å²) in [6, 6.07) is 50.0. The molecule has 0 atom stereocenters. The van der Waals surface area contributed by atoms with Crippen LogP contribution in [0.3, 0.4) is 0 Å². The fraction of sp³-hybridized carbons (Fsp3) is 0.0556. The molecule has 2 aromatic heterocycles. The van der Waals surface area contributed by atoms with Gasteiger partial charge in [-0.1, -0.05) is 121 Å². The van der Waals surface area contributed by atoms with Crippen LogP contribution in [0.4, 0.5) is 0 Å². The molecule has 4 nitrogen and oxygen atoms in total. The van der Waals surface area contributed by atoms with Crippen molar-refractivity contribution in [1.82, 2.24) is 9.97 Å². The molecule has 2 heterocycles. The Labute approximate surface area is 270 Å². The molecule has 0 N–H and O–H groups in total. The molecule has 6 aromatic rings. The van der Waals surface area contributed by atoms with Gasteiger partial charge in [-0.25, -0.2) is 0 Å². The van der Waals surface area contributed by atoms with Crippen LogP contribution in [-0.2, 0) is 21.1 Å². The number of benzene rings is 4. The SMILES string of the molecule is Cc1cc[n-]/c(=N\[PH+](c2ccccc2)c2ccccc2)c1.Cc1cc[n-]/c(=N\[PH+](c2ccccc2)c2ccccc2)c1.[Pt+2]. The minimum absolute atomic E-state index is 0. The Hall–Kier alpha value is -3.67. The van der Waals surface area contributed by atoms with Crippen molar-refractivity contribution in [3.63, 3.8) is 0 Å². The first kappa shape index (κ1) is 32.2. The summed E-state index contributed by atoms with van der Waals surface area (Å²) in [5.74, 6) is 0. The molecule has 0 aliphatic rings. The molecule has 0 aliphatic carbocycles. The van der Waals surface area contributed by atoms with Gasteiger partial charge in [0.25, 0.3) is 0 Å². The predicted octanol–water partition coefficient (Wildman–Crippen LogP) is 5.26. The summed E-state index contributed by atoms with van der Waals surface area (Å²) in [6.45, 7) is 4.14. The van der Waals surface area contributed by atoms with E-state index in [9.17, 15) is 0 Å². The van der Waals surface area contributed by atoms with Gasteiger partial charge in [-0.05, 0) is 73.4 Å². The van der Waals surface area contributed by atoms with Crippen LogP contribution < -0.4 is 42.2 Å². The zero-order chi connectivity index (χ0) is 29.0. The van der Waals surface area contributed by atoms with Crippen molar-refractivity contribution in [2.45, 2.75) is 13.8 Å². The molecule has 216 valence electrons. The fourth-order valence-electron chi connectivity index (χ4n) is 4.37. The van der Waals surface area contributed by atoms with Gasteiger partial charge in [0.1, 0.15) is 21.2 Å². The monoisotopic (exact) mass is 779 g/mol. The second kappa shape index (κ2) is 16.8. The molecular formula is C36H34N4P2Pt+2. The molecule has 43 heavy (non-hydrogen) atoms. The van der Waals surface area contributed by atoms with Gasteiger partial charge >= 0.3 is 21.1 Å². The first-order chi connectivity index (χ1) is 20.7. The molecule has 7 heteroatoms. The summed E-state index contributed by atoms with van der Waals surface area (Å²) >= 11 is 0. The van der Waals surface area contributed by atoms with E-state index in [1.165, 1.54) is 32.3 Å². The molecular weight excluding hydrogens is 745 g/mol. The summed E-state index contributed by atoms with van der Waals surface area (Å²) < 4.78 is 9.90. The smallest absolute Gasteiger partial charge is 0.440 e. The van der Waals surface area contributed by atoms with Crippen molar-refractivity contribution in [1.29, 1.82) is 0 Å². The zero-order valence-corrected chi connectivity index (χ0v) is 28.4. The normalized spacial score (nSPS) is 11.5. The van der Waals surface area contributed by atoms with E-state index in [0.717, 1.165) is 11.0 Å². The number of aryl methyl sites for hydroxylation is 2. The van der Waals surface area contributed by atoms with Gasteiger partial charge < -0.3 is 19.5 Å². The fourth-order valence-corrected chi connectivity index (χ4v) is 8.29. The third-order valence-electron chi connectivity index (χ3n) is 6.44. The van der Waals surface area contributed by atoms with Crippen molar-refractivity contribution >= 4 is 37.4 Å². The van der Waals surface area contributed by atoms with Gasteiger partial charge in [0.05, 0.1) is 16.1 Å². The molecule has 0 amide bonds. The number of hydrogen-bond acceptors (Lipinski definition) is 2. The van der Waals surface area contributed by atoms with Crippen LogP contribution in [0.15, 0.2) is 168 Å². The Bertz CT molecular complexity index is 1590. The Morgan fingerprint density at radius 2 is 0.698 bits per heavy atom. The summed E-state index contributed by atoms with van der Waals surface area (Å²) in [6.07, 6.45) is 3.65. The number of nitrogens with zero attached hydrogens (tertiary/aromatic N) is 4. The third kappa shape index (κ3) is 9.67. The second-order valence-electron chi connectivity index (χ2n) is 9.77. The summed E-state index contributed by atoms with van der Waals surface area (Å²) in [5.41, 5.74) is 4.01. The van der Waals surface area contributed by atoms with Crippen molar-refractivity contribution < 1.29 is 21.1 Å². The maximum absolute atomic E-state index is 4.95. The van der Waals surface area contributed by atoms with E-state index in [0.29, 0.717) is 0 Å². The maximum atomic E-state index is 4.95. The molecule has 4 aromatic carbocycles. The molecule has 0 bridgehead atoms. The van der Waals surface area contributed by atoms with Crippen molar-refractivity contribution in [2.24, 2.45) is 9.53 Å². The van der Waals surface area contributed by atoms with Crippen LogP contribution >= 0.6 is 16.1 Å². The average Bonchev–Trinajstić information content (AvgIpc) is 3.05. The molecule has 0 aliphatic heterocycles. The van der Waals surface area contributed by atoms with Gasteiger partial charge in [-0.2, -0.15) is 0 Å². The van der Waals surface area contributed by atoms with Crippen molar-refractivity contribution in [2.75, 3.05) is 0 Å². The molecule has 6 rings (SSSR count). The Kier molecular flexibility index (Phi) is 12.6. The van der Waals surface area contributed by atoms with Crippen LogP contribution in [0.1, 0.15) is 11.1 Å². The Morgan fingerprint density at radius 3 is 0.953 bits per heavy atom. The number of hydrogen-bond donors (Lipinski definition) is 0. The zero-order valence-electron chi connectivity index (χ0n) is 24.1. The van der Waals surface area contributed by atoms with E-state index in [4.69, 9.17) is 9.53 Å². The van der Waals surface area contributed by atoms with E-state index < -0.39 is 16.1 Å². The van der Waals surface area contributed by atoms with Crippen molar-refractivity contribution in [3.8, 4) is 0 Å². The average molecular weight is 780 g/mol. The van der Waals surface area contributed by atoms with Crippen molar-refractivity contribution in [3.05, 3.63) is 180 Å². The van der Waals surface area contributed by atoms with Gasteiger partial charge in [0.15, 0.2) is 0 Å². The summed E-state index contributed by atoms with van der Waals surface area (Å²) in [7, 11) is -2.41. The maximum Gasteiger partial charge on any atom is 2.00 e. The van der Waals surface area contributed by atoms with E-state index in [-0.39, 0.29) is 21.1 Å². The number of rotatable bonds is 6. The summed E-state index contributed by atoms with van der Waals surface area (Å²) in [5, 5.41) is 5.10. The summed E-state index contributed by atoms with van der Waals surface area (Å²) in [4.78, 5) is 8.78. The minimum atomic E-state index is -1.21. The van der Waals surface area contributed by atoms with Gasteiger partial charge in [-0.3, -0.25) is 0 Å². The number of pyridine rings is 2. The van der Waals surface area contributed by atoms with Crippen LogP contribution in [0.2, 0.25) is 0 Å². The van der Waals surface area contributed by atoms with E-state index in [2.05, 4.69) is 121 Å². The van der Waals surface area contributed by atoms with Gasteiger partial charge in [0.2, 0.25) is 0 Å². The van der Waals surface area contributed by atoms with Crippen LogP contribution in [0, 0.1) is 13.8 Å². The van der Waals surface area contributed by atoms with Crippen LogP contribution in [0.25, 0.3) is 0 Å². The molecule has 0 saturated carbocycles. The van der Waals surface area contributed by atoms with Crippen LogP contribution in [-0.4, -0.2) is 0 Å². The molecule has 0 spiro atoms. The van der Waals surface area contributed by atoms with E-state index in [1.54, 1.807) is 0 Å². The quantitative estimate of drug-likeness (QED) is 0.217. The molecule has 0 saturated heterocycles. The van der Waals surface area contributed by atoms with Gasteiger partial charge in [-0.15, -0.1) is 0 Å². The standard InChI is InChI=1S/2C18H16N2P.Pt/c2*1-15-12-13-19-18(14-15)20-21(16-8-4-2-5-9-16)17-10-6-3-7-11-17;/h2*2-14H,1H3;/q2*-1;+2/p+2. The second-order valence-corrected chi connectivity index (χ2v) is 13.9. The van der Waals surface area contributed by atoms with E-state index >= 15 is 0 Å². The number of aromatic nitrogens is 2. The third-order valence-corrected chi connectivity index (χ3v) is 10.9. The van der Waals surface area contributed by atoms with E-state index in [1.807, 2.05) is 60.9 Å². The van der Waals surface area contributed by atoms with Gasteiger partial charge in [0, 0.05) is 0 Å². The Morgan fingerprint density at radius 1 is 0.419 bits per heavy atom. The first-order valence-corrected chi connectivity index (χ1v) is 16.8. The molecule has 0 fully saturated rings. The minimum Gasteiger partial charge on any atom is -0.440 e. The molecule has 0 unspecified atom stereocenters. The Balaban J connectivity index is 0.000000192. The largest absolute Gasteiger partial charge is 2.00 e. The van der Waals surface area contributed by atoms with Crippen LogP contribution in [0.5, 0.6) is 0 Å². The predicted molar refractivity (Wildman–Crippen MR) is 181 cm³/mol. The topological polar surface area (TPSA) is 52.9 Å².